The lowest BCUT2D eigenvalue weighted by Crippen LogP contribution is -2.30. The number of benzene rings is 1. The Balaban J connectivity index is 1.79. The Morgan fingerprint density at radius 1 is 1.45 bits per heavy atom. The Bertz CT molecular complexity index is 470. The smallest absolute Gasteiger partial charge is 0.105 e. The topological polar surface area (TPSA) is 41.3 Å². The second kappa shape index (κ2) is 7.38. The molecule has 5 heteroatoms. The van der Waals surface area contributed by atoms with Gasteiger partial charge in [0.25, 0.3) is 0 Å². The van der Waals surface area contributed by atoms with Crippen LogP contribution in [-0.2, 0) is 0 Å². The van der Waals surface area contributed by atoms with Crippen LogP contribution in [0.5, 0.6) is 0 Å². The van der Waals surface area contributed by atoms with E-state index in [-0.39, 0.29) is 0 Å². The fourth-order valence-corrected chi connectivity index (χ4v) is 3.50. The van der Waals surface area contributed by atoms with E-state index in [4.69, 9.17) is 18.0 Å². The van der Waals surface area contributed by atoms with E-state index >= 15 is 0 Å². The molecule has 1 heterocycles. The number of nitrogens with zero attached hydrogens (tertiary/aromatic N) is 1. The fourth-order valence-electron chi connectivity index (χ4n) is 2.60. The highest BCUT2D eigenvalue weighted by Gasteiger charge is 2.15. The summed E-state index contributed by atoms with van der Waals surface area (Å²) in [6.45, 7) is 3.49. The van der Waals surface area contributed by atoms with Crippen LogP contribution >= 0.6 is 28.1 Å². The van der Waals surface area contributed by atoms with Gasteiger partial charge < -0.3 is 16.0 Å². The summed E-state index contributed by atoms with van der Waals surface area (Å²) >= 11 is 8.51. The molecule has 0 atom stereocenters. The highest BCUT2D eigenvalue weighted by Crippen LogP contribution is 2.23. The Morgan fingerprint density at radius 2 is 2.15 bits per heavy atom. The highest BCUT2D eigenvalue weighted by atomic mass is 79.9. The molecule has 0 spiro atoms. The van der Waals surface area contributed by atoms with Crippen LogP contribution in [0.4, 0.5) is 5.69 Å². The number of anilines is 1. The largest absolute Gasteiger partial charge is 0.389 e. The van der Waals surface area contributed by atoms with Gasteiger partial charge in [0.2, 0.25) is 0 Å². The summed E-state index contributed by atoms with van der Waals surface area (Å²) in [6, 6.07) is 6.04. The lowest BCUT2D eigenvalue weighted by molar-refractivity contribution is 0.215. The second-order valence-corrected chi connectivity index (χ2v) is 6.82. The van der Waals surface area contributed by atoms with E-state index in [1.807, 2.05) is 18.2 Å². The lowest BCUT2D eigenvalue weighted by atomic mass is 9.94. The monoisotopic (exact) mass is 355 g/mol. The zero-order valence-electron chi connectivity index (χ0n) is 11.9. The number of nitrogens with two attached hydrogens (primary N) is 1. The van der Waals surface area contributed by atoms with Gasteiger partial charge >= 0.3 is 0 Å². The number of hydrogen-bond acceptors (Lipinski definition) is 3. The summed E-state index contributed by atoms with van der Waals surface area (Å²) in [5.74, 6) is 0.859. The fraction of sp³-hybridized carbons (Fsp3) is 0.533. The van der Waals surface area contributed by atoms with Crippen molar-refractivity contribution < 1.29 is 0 Å². The average Bonchev–Trinajstić information content (AvgIpc) is 2.41. The minimum atomic E-state index is 0.426. The van der Waals surface area contributed by atoms with E-state index in [1.54, 1.807) is 0 Å². The zero-order chi connectivity index (χ0) is 14.5. The van der Waals surface area contributed by atoms with Crippen molar-refractivity contribution in [3.8, 4) is 0 Å². The molecule has 2 rings (SSSR count). The first-order valence-corrected chi connectivity index (χ1v) is 8.28. The van der Waals surface area contributed by atoms with Crippen molar-refractivity contribution in [2.45, 2.75) is 19.3 Å². The molecule has 3 nitrogen and oxygen atoms in total. The normalized spacial score (nSPS) is 17.1. The molecular formula is C15H22BrN3S. The number of rotatable bonds is 5. The molecule has 1 aromatic carbocycles. The van der Waals surface area contributed by atoms with E-state index in [1.165, 1.54) is 32.4 Å². The van der Waals surface area contributed by atoms with Crippen LogP contribution in [-0.4, -0.2) is 36.6 Å². The van der Waals surface area contributed by atoms with Crippen molar-refractivity contribution >= 4 is 38.8 Å². The molecule has 0 aromatic heterocycles. The first-order valence-electron chi connectivity index (χ1n) is 7.08. The Morgan fingerprint density at radius 3 is 2.75 bits per heavy atom. The molecule has 3 N–H and O–H groups in total. The molecule has 0 bridgehead atoms. The van der Waals surface area contributed by atoms with Crippen molar-refractivity contribution in [3.63, 3.8) is 0 Å². The number of nitrogens with one attached hydrogen (secondary N) is 1. The number of piperidine rings is 1. The maximum absolute atomic E-state index is 5.65. The van der Waals surface area contributed by atoms with Crippen LogP contribution in [0.15, 0.2) is 22.7 Å². The highest BCUT2D eigenvalue weighted by molar-refractivity contribution is 9.10. The molecule has 0 saturated carbocycles. The maximum atomic E-state index is 5.65. The summed E-state index contributed by atoms with van der Waals surface area (Å²) in [5, 5.41) is 3.48. The van der Waals surface area contributed by atoms with Crippen LogP contribution in [0.2, 0.25) is 0 Å². The third-order valence-electron chi connectivity index (χ3n) is 3.95. The van der Waals surface area contributed by atoms with Crippen molar-refractivity contribution in [2.75, 3.05) is 32.0 Å². The van der Waals surface area contributed by atoms with Gasteiger partial charge in [-0.3, -0.25) is 0 Å². The zero-order valence-corrected chi connectivity index (χ0v) is 14.3. The number of halogens is 1. The van der Waals surface area contributed by atoms with Crippen LogP contribution in [0.1, 0.15) is 24.8 Å². The second-order valence-electron chi connectivity index (χ2n) is 5.52. The van der Waals surface area contributed by atoms with Gasteiger partial charge in [0.15, 0.2) is 0 Å². The molecule has 1 aliphatic rings. The molecule has 110 valence electrons. The lowest BCUT2D eigenvalue weighted by Gasteiger charge is -2.29. The average molecular weight is 356 g/mol. The van der Waals surface area contributed by atoms with Crippen molar-refractivity contribution in [3.05, 3.63) is 28.2 Å². The maximum Gasteiger partial charge on any atom is 0.105 e. The minimum Gasteiger partial charge on any atom is -0.389 e. The van der Waals surface area contributed by atoms with E-state index in [9.17, 15) is 0 Å². The van der Waals surface area contributed by atoms with Gasteiger partial charge in [0.05, 0.1) is 0 Å². The van der Waals surface area contributed by atoms with Gasteiger partial charge in [-0.15, -0.1) is 0 Å². The minimum absolute atomic E-state index is 0.426. The molecule has 0 amide bonds. The van der Waals surface area contributed by atoms with E-state index in [2.05, 4.69) is 33.2 Å². The van der Waals surface area contributed by atoms with Crippen molar-refractivity contribution in [2.24, 2.45) is 11.7 Å². The molecule has 1 aromatic rings. The molecule has 1 saturated heterocycles. The Kier molecular flexibility index (Phi) is 5.81. The summed E-state index contributed by atoms with van der Waals surface area (Å²) in [5.41, 5.74) is 7.66. The third kappa shape index (κ3) is 4.43. The first kappa shape index (κ1) is 15.7. The number of thiocarbonyl (C=S) groups is 1. The van der Waals surface area contributed by atoms with Crippen molar-refractivity contribution in [1.82, 2.24) is 4.90 Å². The first-order chi connectivity index (χ1) is 9.56. The SMILES string of the molecule is CN1CCC(CCNc2ccc(C(N)=S)c(Br)c2)CC1. The number of likely N-dealkylation sites (tertiary alicyclic amines) is 1. The molecule has 1 aliphatic heterocycles. The number of hydrogen-bond donors (Lipinski definition) is 2. The van der Waals surface area contributed by atoms with Gasteiger partial charge in [-0.1, -0.05) is 12.2 Å². The summed E-state index contributed by atoms with van der Waals surface area (Å²) in [4.78, 5) is 2.84. The van der Waals surface area contributed by atoms with E-state index < -0.39 is 0 Å². The summed E-state index contributed by atoms with van der Waals surface area (Å²) in [7, 11) is 2.20. The van der Waals surface area contributed by atoms with E-state index in [0.29, 0.717) is 4.99 Å². The summed E-state index contributed by atoms with van der Waals surface area (Å²) in [6.07, 6.45) is 3.88. The molecule has 1 fully saturated rings. The van der Waals surface area contributed by atoms with Gasteiger partial charge in [0, 0.05) is 22.3 Å². The van der Waals surface area contributed by atoms with E-state index in [0.717, 1.165) is 28.2 Å². The van der Waals surface area contributed by atoms with Crippen LogP contribution in [0, 0.1) is 5.92 Å². The predicted octanol–water partition coefficient (Wildman–Crippen LogP) is 3.23. The van der Waals surface area contributed by atoms with Crippen LogP contribution in [0.25, 0.3) is 0 Å². The molecule has 0 aliphatic carbocycles. The molecule has 0 radical (unpaired) electrons. The third-order valence-corrected chi connectivity index (χ3v) is 4.83. The van der Waals surface area contributed by atoms with Gasteiger partial charge in [0.1, 0.15) is 4.99 Å². The van der Waals surface area contributed by atoms with Crippen LogP contribution in [0.3, 0.4) is 0 Å². The summed E-state index contributed by atoms with van der Waals surface area (Å²) < 4.78 is 0.953. The van der Waals surface area contributed by atoms with Gasteiger partial charge in [-0.05, 0) is 79.4 Å². The molecule has 0 unspecified atom stereocenters. The standard InChI is InChI=1S/C15H22BrN3S/c1-19-8-5-11(6-9-19)4-7-18-12-2-3-13(15(17)20)14(16)10-12/h2-3,10-11,18H,4-9H2,1H3,(H2,17,20). The molecular weight excluding hydrogens is 334 g/mol. The van der Waals surface area contributed by atoms with Gasteiger partial charge in [-0.25, -0.2) is 0 Å². The predicted molar refractivity (Wildman–Crippen MR) is 93.4 cm³/mol. The quantitative estimate of drug-likeness (QED) is 0.795. The Labute approximate surface area is 135 Å². The van der Waals surface area contributed by atoms with Crippen LogP contribution < -0.4 is 11.1 Å². The van der Waals surface area contributed by atoms with Crippen molar-refractivity contribution in [1.29, 1.82) is 0 Å². The molecule has 20 heavy (non-hydrogen) atoms. The van der Waals surface area contributed by atoms with Gasteiger partial charge in [-0.2, -0.15) is 0 Å². The Hall–Kier alpha value is -0.650.